The van der Waals surface area contributed by atoms with Gasteiger partial charge in [0.25, 0.3) is 0 Å². The zero-order valence-electron chi connectivity index (χ0n) is 9.08. The minimum absolute atomic E-state index is 0.0124. The Morgan fingerprint density at radius 1 is 1.50 bits per heavy atom. The summed E-state index contributed by atoms with van der Waals surface area (Å²) in [6.45, 7) is -0.0626. The number of amides is 1. The predicted molar refractivity (Wildman–Crippen MR) is 65.3 cm³/mol. The van der Waals surface area contributed by atoms with Gasteiger partial charge in [0.05, 0.1) is 6.20 Å². The van der Waals surface area contributed by atoms with Crippen LogP contribution in [0.1, 0.15) is 6.42 Å². The number of anilines is 2. The molecule has 0 spiro atoms. The lowest BCUT2D eigenvalue weighted by atomic mass is 10.4. The Hall–Kier alpha value is -1.45. The van der Waals surface area contributed by atoms with Crippen LogP contribution < -0.4 is 15.8 Å². The highest BCUT2D eigenvalue weighted by Crippen LogP contribution is 2.27. The number of hydrogen-bond donors (Lipinski definition) is 2. The lowest BCUT2D eigenvalue weighted by Crippen LogP contribution is -2.32. The van der Waals surface area contributed by atoms with Gasteiger partial charge in [0.1, 0.15) is 10.9 Å². The minimum Gasteiger partial charge on any atom is -0.382 e. The van der Waals surface area contributed by atoms with Gasteiger partial charge in [0, 0.05) is 13.0 Å². The van der Waals surface area contributed by atoms with E-state index in [9.17, 15) is 13.2 Å². The quantitative estimate of drug-likeness (QED) is 0.679. The molecule has 1 aromatic rings. The standard InChI is InChI=1S/C8H10ClN5O3S/c9-8-12-2-5(7(10)13-8)14-3-4(1-6(14)15)18(11,16)17/h2,4H,1,3H2,(H2,10,12,13)(H2,11,16,17). The second-order valence-electron chi connectivity index (χ2n) is 3.83. The maximum Gasteiger partial charge on any atom is 0.228 e. The Morgan fingerprint density at radius 3 is 2.67 bits per heavy atom. The topological polar surface area (TPSA) is 132 Å². The van der Waals surface area contributed by atoms with Crippen molar-refractivity contribution in [3.8, 4) is 0 Å². The van der Waals surface area contributed by atoms with E-state index >= 15 is 0 Å². The number of carbonyl (C=O) groups is 1. The highest BCUT2D eigenvalue weighted by molar-refractivity contribution is 7.89. The summed E-state index contributed by atoms with van der Waals surface area (Å²) in [5, 5.41) is 4.02. The van der Waals surface area contributed by atoms with Crippen molar-refractivity contribution >= 4 is 39.0 Å². The summed E-state index contributed by atoms with van der Waals surface area (Å²) in [5.74, 6) is -0.384. The van der Waals surface area contributed by atoms with Crippen molar-refractivity contribution in [3.63, 3.8) is 0 Å². The number of primary sulfonamides is 1. The highest BCUT2D eigenvalue weighted by Gasteiger charge is 2.38. The molecule has 1 aromatic heterocycles. The number of rotatable bonds is 2. The van der Waals surface area contributed by atoms with Crippen LogP contribution in [0, 0.1) is 0 Å². The molecule has 2 heterocycles. The van der Waals surface area contributed by atoms with Crippen molar-refractivity contribution in [1.29, 1.82) is 0 Å². The molecule has 4 N–H and O–H groups in total. The van der Waals surface area contributed by atoms with Crippen molar-refractivity contribution in [2.24, 2.45) is 5.14 Å². The van der Waals surface area contributed by atoms with Crippen molar-refractivity contribution in [3.05, 3.63) is 11.5 Å². The first-order valence-electron chi connectivity index (χ1n) is 4.89. The van der Waals surface area contributed by atoms with Crippen molar-refractivity contribution in [2.45, 2.75) is 11.7 Å². The van der Waals surface area contributed by atoms with Gasteiger partial charge in [-0.3, -0.25) is 4.79 Å². The van der Waals surface area contributed by atoms with E-state index < -0.39 is 21.2 Å². The number of nitrogens with zero attached hydrogens (tertiary/aromatic N) is 3. The average molecular weight is 292 g/mol. The smallest absolute Gasteiger partial charge is 0.228 e. The highest BCUT2D eigenvalue weighted by atomic mass is 35.5. The van der Waals surface area contributed by atoms with Crippen LogP contribution in [0.4, 0.5) is 11.5 Å². The van der Waals surface area contributed by atoms with Gasteiger partial charge in [-0.05, 0) is 11.6 Å². The SMILES string of the molecule is Nc1nc(Cl)ncc1N1CC(S(N)(=O)=O)CC1=O. The molecular weight excluding hydrogens is 282 g/mol. The Labute approximate surface area is 108 Å². The fourth-order valence-electron chi connectivity index (χ4n) is 1.70. The van der Waals surface area contributed by atoms with Gasteiger partial charge in [-0.25, -0.2) is 18.5 Å². The molecule has 2 rings (SSSR count). The van der Waals surface area contributed by atoms with Gasteiger partial charge >= 0.3 is 0 Å². The molecular formula is C8H10ClN5O3S. The van der Waals surface area contributed by atoms with Gasteiger partial charge in [0.15, 0.2) is 5.82 Å². The largest absolute Gasteiger partial charge is 0.382 e. The second-order valence-corrected chi connectivity index (χ2v) is 6.01. The van der Waals surface area contributed by atoms with Gasteiger partial charge in [-0.1, -0.05) is 0 Å². The molecule has 98 valence electrons. The van der Waals surface area contributed by atoms with Crippen LogP contribution in [0.25, 0.3) is 0 Å². The summed E-state index contributed by atoms with van der Waals surface area (Å²) in [5.41, 5.74) is 5.84. The number of nitrogens with two attached hydrogens (primary N) is 2. The van der Waals surface area contributed by atoms with E-state index in [1.165, 1.54) is 11.1 Å². The summed E-state index contributed by atoms with van der Waals surface area (Å²) in [4.78, 5) is 20.3. The molecule has 1 saturated heterocycles. The van der Waals surface area contributed by atoms with Crippen LogP contribution in [0.3, 0.4) is 0 Å². The van der Waals surface area contributed by atoms with E-state index in [0.29, 0.717) is 0 Å². The summed E-state index contributed by atoms with van der Waals surface area (Å²) in [6.07, 6.45) is 1.09. The maximum atomic E-state index is 11.7. The van der Waals surface area contributed by atoms with E-state index in [1.807, 2.05) is 0 Å². The van der Waals surface area contributed by atoms with E-state index in [4.69, 9.17) is 22.5 Å². The molecule has 0 radical (unpaired) electrons. The number of nitrogen functional groups attached to an aromatic ring is 1. The molecule has 1 fully saturated rings. The molecule has 0 aromatic carbocycles. The van der Waals surface area contributed by atoms with Gasteiger partial charge in [-0.15, -0.1) is 0 Å². The zero-order valence-corrected chi connectivity index (χ0v) is 10.6. The average Bonchev–Trinajstić information content (AvgIpc) is 2.60. The first-order chi connectivity index (χ1) is 8.29. The Bertz CT molecular complexity index is 605. The lowest BCUT2D eigenvalue weighted by Gasteiger charge is -2.17. The molecule has 18 heavy (non-hydrogen) atoms. The summed E-state index contributed by atoms with van der Waals surface area (Å²) < 4.78 is 22.4. The molecule has 1 atom stereocenters. The fraction of sp³-hybridized carbons (Fsp3) is 0.375. The summed E-state index contributed by atoms with van der Waals surface area (Å²) in [6, 6.07) is 0. The van der Waals surface area contributed by atoms with E-state index in [2.05, 4.69) is 9.97 Å². The van der Waals surface area contributed by atoms with Crippen LogP contribution in [-0.4, -0.2) is 36.1 Å². The van der Waals surface area contributed by atoms with E-state index in [0.717, 1.165) is 0 Å². The first-order valence-corrected chi connectivity index (χ1v) is 6.88. The van der Waals surface area contributed by atoms with Crippen molar-refractivity contribution in [1.82, 2.24) is 9.97 Å². The fourth-order valence-corrected chi connectivity index (χ4v) is 2.57. The monoisotopic (exact) mass is 291 g/mol. The van der Waals surface area contributed by atoms with Gasteiger partial charge in [-0.2, -0.15) is 4.98 Å². The van der Waals surface area contributed by atoms with E-state index in [1.54, 1.807) is 0 Å². The zero-order chi connectivity index (χ0) is 13.5. The minimum atomic E-state index is -3.77. The molecule has 1 amide bonds. The predicted octanol–water partition coefficient (Wildman–Crippen LogP) is -0.894. The molecule has 8 nitrogen and oxygen atoms in total. The Balaban J connectivity index is 2.33. The van der Waals surface area contributed by atoms with Crippen LogP contribution in [0.5, 0.6) is 0 Å². The summed E-state index contributed by atoms with van der Waals surface area (Å²) in [7, 11) is -3.77. The third-order valence-electron chi connectivity index (χ3n) is 2.61. The van der Waals surface area contributed by atoms with Gasteiger partial charge < -0.3 is 10.6 Å². The van der Waals surface area contributed by atoms with Crippen LogP contribution in [0.15, 0.2) is 6.20 Å². The van der Waals surface area contributed by atoms with Gasteiger partial charge in [0.2, 0.25) is 21.2 Å². The Kier molecular flexibility index (Phi) is 3.13. The molecule has 1 aliphatic rings. The van der Waals surface area contributed by atoms with Crippen molar-refractivity contribution in [2.75, 3.05) is 17.2 Å². The number of sulfonamides is 1. The molecule has 1 aliphatic heterocycles. The molecule has 0 aliphatic carbocycles. The van der Waals surface area contributed by atoms with Crippen LogP contribution >= 0.6 is 11.6 Å². The Morgan fingerprint density at radius 2 is 2.17 bits per heavy atom. The summed E-state index contributed by atoms with van der Waals surface area (Å²) >= 11 is 5.54. The maximum absolute atomic E-state index is 11.7. The normalized spacial score (nSPS) is 20.4. The molecule has 0 bridgehead atoms. The lowest BCUT2D eigenvalue weighted by molar-refractivity contribution is -0.117. The molecule has 10 heteroatoms. The van der Waals surface area contributed by atoms with Crippen LogP contribution in [0.2, 0.25) is 5.28 Å². The number of carbonyl (C=O) groups excluding carboxylic acids is 1. The van der Waals surface area contributed by atoms with E-state index in [-0.39, 0.29) is 29.8 Å². The third-order valence-corrected chi connectivity index (χ3v) is 4.04. The van der Waals surface area contributed by atoms with Crippen LogP contribution in [-0.2, 0) is 14.8 Å². The molecule has 0 saturated carbocycles. The number of halogens is 1. The number of hydrogen-bond acceptors (Lipinski definition) is 6. The first kappa shape index (κ1) is 13.0. The van der Waals surface area contributed by atoms with Crippen molar-refractivity contribution < 1.29 is 13.2 Å². The second kappa shape index (κ2) is 4.34. The molecule has 1 unspecified atom stereocenters. The third kappa shape index (κ3) is 2.37. The number of aromatic nitrogens is 2.